The summed E-state index contributed by atoms with van der Waals surface area (Å²) < 4.78 is 0.985. The van der Waals surface area contributed by atoms with Crippen LogP contribution in [0.3, 0.4) is 0 Å². The van der Waals surface area contributed by atoms with Crippen molar-refractivity contribution >= 4 is 33.5 Å². The number of hydrogen-bond acceptors (Lipinski definition) is 3. The molecule has 0 radical (unpaired) electrons. The maximum absolute atomic E-state index is 9.50. The first-order valence-electron chi connectivity index (χ1n) is 7.15. The summed E-state index contributed by atoms with van der Waals surface area (Å²) in [7, 11) is 0. The van der Waals surface area contributed by atoms with Gasteiger partial charge in [0.2, 0.25) is 0 Å². The molecule has 4 heteroatoms. The number of halogens is 1. The topological polar surface area (TPSA) is 39.4 Å². The fourth-order valence-electron chi connectivity index (χ4n) is 3.08. The quantitative estimate of drug-likeness (QED) is 0.752. The van der Waals surface area contributed by atoms with Crippen molar-refractivity contribution in [3.8, 4) is 6.07 Å². The van der Waals surface area contributed by atoms with Crippen LogP contribution in [0.15, 0.2) is 21.6 Å². The fourth-order valence-corrected chi connectivity index (χ4v) is 3.52. The maximum atomic E-state index is 9.50. The minimum Gasteiger partial charge on any atom is -0.370 e. The molecule has 3 rings (SSSR count). The molecule has 1 aliphatic heterocycles. The Morgan fingerprint density at radius 1 is 1.30 bits per heavy atom. The van der Waals surface area contributed by atoms with Crippen LogP contribution in [0.1, 0.15) is 38.2 Å². The Balaban J connectivity index is 1.94. The van der Waals surface area contributed by atoms with Crippen molar-refractivity contribution < 1.29 is 0 Å². The van der Waals surface area contributed by atoms with E-state index in [1.54, 1.807) is 6.21 Å². The molecule has 1 saturated heterocycles. The number of nitriles is 1. The highest BCUT2D eigenvalue weighted by molar-refractivity contribution is 9.10. The molecule has 3 nitrogen and oxygen atoms in total. The molecular weight excluding hydrogens is 314 g/mol. The van der Waals surface area contributed by atoms with E-state index in [0.717, 1.165) is 28.9 Å². The minimum absolute atomic E-state index is 0.653. The Labute approximate surface area is 128 Å². The van der Waals surface area contributed by atoms with E-state index in [0.29, 0.717) is 11.0 Å². The zero-order chi connectivity index (χ0) is 14.2. The van der Waals surface area contributed by atoms with Crippen LogP contribution in [0.2, 0.25) is 0 Å². The molecule has 1 aromatic rings. The highest BCUT2D eigenvalue weighted by Gasteiger charge is 2.44. The van der Waals surface area contributed by atoms with Crippen molar-refractivity contribution in [2.45, 2.75) is 32.6 Å². The van der Waals surface area contributed by atoms with Gasteiger partial charge < -0.3 is 4.90 Å². The van der Waals surface area contributed by atoms with E-state index < -0.39 is 0 Å². The zero-order valence-electron chi connectivity index (χ0n) is 11.7. The molecule has 1 saturated carbocycles. The predicted molar refractivity (Wildman–Crippen MR) is 85.8 cm³/mol. The molecule has 104 valence electrons. The highest BCUT2D eigenvalue weighted by Crippen LogP contribution is 2.54. The number of hydrogen-bond donors (Lipinski definition) is 0. The van der Waals surface area contributed by atoms with Gasteiger partial charge in [0.15, 0.2) is 0 Å². The maximum Gasteiger partial charge on any atom is 0.104 e. The zero-order valence-corrected chi connectivity index (χ0v) is 13.3. The Hall–Kier alpha value is -1.34. The summed E-state index contributed by atoms with van der Waals surface area (Å²) in [5.74, 6) is 0. The van der Waals surface area contributed by atoms with E-state index in [9.17, 15) is 5.26 Å². The van der Waals surface area contributed by atoms with Crippen LogP contribution >= 0.6 is 15.9 Å². The van der Waals surface area contributed by atoms with Gasteiger partial charge in [0.1, 0.15) is 11.6 Å². The third-order valence-corrected chi connectivity index (χ3v) is 5.02. The lowest BCUT2D eigenvalue weighted by Crippen LogP contribution is -2.34. The van der Waals surface area contributed by atoms with Gasteiger partial charge in [-0.05, 0) is 50.2 Å². The van der Waals surface area contributed by atoms with Gasteiger partial charge in [-0.2, -0.15) is 5.26 Å². The van der Waals surface area contributed by atoms with Crippen molar-refractivity contribution in [3.05, 3.63) is 22.2 Å². The third-order valence-electron chi connectivity index (χ3n) is 4.56. The number of nitrogens with zero attached hydrogens (tertiary/aromatic N) is 3. The Kier molecular flexibility index (Phi) is 3.55. The van der Waals surface area contributed by atoms with Gasteiger partial charge in [-0.15, -0.1) is 0 Å². The first kappa shape index (κ1) is 13.6. The molecule has 1 spiro atoms. The second-order valence-electron chi connectivity index (χ2n) is 5.81. The van der Waals surface area contributed by atoms with Crippen molar-refractivity contribution in [3.63, 3.8) is 0 Å². The fraction of sp³-hybridized carbons (Fsp3) is 0.500. The summed E-state index contributed by atoms with van der Waals surface area (Å²) in [6.45, 7) is 3.99. The molecule has 2 aliphatic rings. The van der Waals surface area contributed by atoms with Gasteiger partial charge >= 0.3 is 0 Å². The van der Waals surface area contributed by atoms with E-state index >= 15 is 0 Å². The van der Waals surface area contributed by atoms with E-state index in [1.807, 2.05) is 13.0 Å². The molecule has 0 amide bonds. The summed E-state index contributed by atoms with van der Waals surface area (Å²) in [5, 5.41) is 9.50. The molecule has 20 heavy (non-hydrogen) atoms. The number of aliphatic imine (C=N–C) groups is 1. The standard InChI is InChI=1S/C16H18BrN3/c1-2-19-14-9-12(17)10-15(13(14)11-18)20-7-5-16(3-4-16)6-8-20/h2,9-10H,3-8H2,1H3. The van der Waals surface area contributed by atoms with Crippen LogP contribution in [0, 0.1) is 16.7 Å². The summed E-state index contributed by atoms with van der Waals surface area (Å²) in [6, 6.07) is 6.30. The van der Waals surface area contributed by atoms with Crippen LogP contribution in [0.5, 0.6) is 0 Å². The Morgan fingerprint density at radius 3 is 2.55 bits per heavy atom. The van der Waals surface area contributed by atoms with E-state index in [4.69, 9.17) is 0 Å². The highest BCUT2D eigenvalue weighted by atomic mass is 79.9. The lowest BCUT2D eigenvalue weighted by atomic mass is 9.93. The summed E-state index contributed by atoms with van der Waals surface area (Å²) in [6.07, 6.45) is 7.06. The minimum atomic E-state index is 0.653. The van der Waals surface area contributed by atoms with E-state index in [-0.39, 0.29) is 0 Å². The average Bonchev–Trinajstić information content (AvgIpc) is 3.19. The summed E-state index contributed by atoms with van der Waals surface area (Å²) >= 11 is 3.54. The third kappa shape index (κ3) is 2.47. The average molecular weight is 332 g/mol. The van der Waals surface area contributed by atoms with Crippen LogP contribution in [-0.4, -0.2) is 19.3 Å². The number of anilines is 1. The van der Waals surface area contributed by atoms with Crippen LogP contribution < -0.4 is 4.90 Å². The first-order chi connectivity index (χ1) is 9.67. The van der Waals surface area contributed by atoms with Crippen molar-refractivity contribution in [2.75, 3.05) is 18.0 Å². The summed E-state index contributed by atoms with van der Waals surface area (Å²) in [5.41, 5.74) is 3.13. The number of benzene rings is 1. The molecule has 0 bridgehead atoms. The summed E-state index contributed by atoms with van der Waals surface area (Å²) in [4.78, 5) is 6.68. The molecule has 1 heterocycles. The molecule has 1 aliphatic carbocycles. The second-order valence-corrected chi connectivity index (χ2v) is 6.72. The Morgan fingerprint density at radius 2 is 2.00 bits per heavy atom. The van der Waals surface area contributed by atoms with Gasteiger partial charge in [-0.25, -0.2) is 0 Å². The molecule has 0 aromatic heterocycles. The molecule has 0 N–H and O–H groups in total. The monoisotopic (exact) mass is 331 g/mol. The van der Waals surface area contributed by atoms with Crippen LogP contribution in [0.4, 0.5) is 11.4 Å². The lowest BCUT2D eigenvalue weighted by Gasteiger charge is -2.34. The van der Waals surface area contributed by atoms with Gasteiger partial charge in [0.05, 0.1) is 11.4 Å². The first-order valence-corrected chi connectivity index (χ1v) is 7.94. The smallest absolute Gasteiger partial charge is 0.104 e. The van der Waals surface area contributed by atoms with Gasteiger partial charge in [-0.1, -0.05) is 15.9 Å². The largest absolute Gasteiger partial charge is 0.370 e. The van der Waals surface area contributed by atoms with Crippen molar-refractivity contribution in [2.24, 2.45) is 10.4 Å². The van der Waals surface area contributed by atoms with Crippen molar-refractivity contribution in [1.82, 2.24) is 0 Å². The second kappa shape index (κ2) is 5.21. The van der Waals surface area contributed by atoms with Gasteiger partial charge in [-0.3, -0.25) is 4.99 Å². The number of rotatable bonds is 2. The number of piperidine rings is 1. The molecular formula is C16H18BrN3. The van der Waals surface area contributed by atoms with E-state index in [2.05, 4.69) is 38.0 Å². The molecule has 0 unspecified atom stereocenters. The molecule has 1 aromatic carbocycles. The van der Waals surface area contributed by atoms with Gasteiger partial charge in [0.25, 0.3) is 0 Å². The van der Waals surface area contributed by atoms with Crippen LogP contribution in [0.25, 0.3) is 0 Å². The van der Waals surface area contributed by atoms with Gasteiger partial charge in [0, 0.05) is 23.8 Å². The van der Waals surface area contributed by atoms with E-state index in [1.165, 1.54) is 25.7 Å². The normalized spacial score (nSPS) is 20.4. The SMILES string of the molecule is CC=Nc1cc(Br)cc(N2CCC3(CC2)CC3)c1C#N. The lowest BCUT2D eigenvalue weighted by molar-refractivity contribution is 0.384. The van der Waals surface area contributed by atoms with Crippen molar-refractivity contribution in [1.29, 1.82) is 5.26 Å². The van der Waals surface area contributed by atoms with Crippen LogP contribution in [-0.2, 0) is 0 Å². The molecule has 0 atom stereocenters. The predicted octanol–water partition coefficient (Wildman–Crippen LogP) is 4.42. The molecule has 2 fully saturated rings. The Bertz CT molecular complexity index is 586.